The minimum atomic E-state index is -0.292. The van der Waals surface area contributed by atoms with Gasteiger partial charge in [-0.05, 0) is 12.8 Å². The Morgan fingerprint density at radius 1 is 1.59 bits per heavy atom. The quantitative estimate of drug-likeness (QED) is 0.596. The zero-order valence-electron chi connectivity index (χ0n) is 9.81. The number of carbonyl (C=O) groups is 2. The number of methoxy groups -OCH3 is 1. The van der Waals surface area contributed by atoms with E-state index >= 15 is 0 Å². The predicted octanol–water partition coefficient (Wildman–Crippen LogP) is 1.31. The normalized spacial score (nSPS) is 30.6. The van der Waals surface area contributed by atoms with Crippen LogP contribution in [0.5, 0.6) is 0 Å². The summed E-state index contributed by atoms with van der Waals surface area (Å²) < 4.78 is 9.82. The molecule has 0 aromatic rings. The number of hydrogen-bond acceptors (Lipinski definition) is 5. The highest BCUT2D eigenvalue weighted by molar-refractivity contribution is 8.00. The lowest BCUT2D eigenvalue weighted by atomic mass is 10.0. The van der Waals surface area contributed by atoms with Gasteiger partial charge in [0.2, 0.25) is 0 Å². The molecule has 6 heteroatoms. The zero-order valence-corrected chi connectivity index (χ0v) is 10.6. The molecule has 0 unspecified atom stereocenters. The van der Waals surface area contributed by atoms with Crippen molar-refractivity contribution in [2.75, 3.05) is 12.9 Å². The van der Waals surface area contributed by atoms with Gasteiger partial charge in [0, 0.05) is 17.4 Å². The molecule has 2 heterocycles. The van der Waals surface area contributed by atoms with Crippen molar-refractivity contribution >= 4 is 23.8 Å². The molecule has 17 heavy (non-hydrogen) atoms. The van der Waals surface area contributed by atoms with Gasteiger partial charge in [-0.1, -0.05) is 6.42 Å². The first-order valence-electron chi connectivity index (χ1n) is 5.86. The van der Waals surface area contributed by atoms with E-state index in [-0.39, 0.29) is 24.2 Å². The molecule has 1 N–H and O–H groups in total. The topological polar surface area (TPSA) is 64.6 Å². The Morgan fingerprint density at radius 3 is 3.18 bits per heavy atom. The Kier molecular flexibility index (Phi) is 4.15. The Bertz CT molecular complexity index is 310. The fourth-order valence-electron chi connectivity index (χ4n) is 2.23. The minimum Gasteiger partial charge on any atom is -0.469 e. The summed E-state index contributed by atoms with van der Waals surface area (Å²) >= 11 is 1.85. The number of hydrogen-bond donors (Lipinski definition) is 1. The molecule has 0 bridgehead atoms. The number of nitrogens with one attached hydrogen (secondary N) is 1. The van der Waals surface area contributed by atoms with Crippen LogP contribution in [0.25, 0.3) is 0 Å². The maximum absolute atomic E-state index is 11.1. The van der Waals surface area contributed by atoms with Crippen molar-refractivity contribution in [2.24, 2.45) is 0 Å². The lowest BCUT2D eigenvalue weighted by molar-refractivity contribution is -0.140. The molecule has 2 rings (SSSR count). The van der Waals surface area contributed by atoms with Crippen molar-refractivity contribution in [3.8, 4) is 0 Å². The van der Waals surface area contributed by atoms with Crippen LogP contribution in [0.2, 0.25) is 0 Å². The number of carbonyl (C=O) groups excluding carboxylic acids is 2. The lowest BCUT2D eigenvalue weighted by Crippen LogP contribution is -2.32. The van der Waals surface area contributed by atoms with Crippen molar-refractivity contribution in [3.05, 3.63) is 0 Å². The summed E-state index contributed by atoms with van der Waals surface area (Å²) in [5.74, 6) is 0.772. The van der Waals surface area contributed by atoms with Crippen LogP contribution in [0.4, 0.5) is 4.79 Å². The molecule has 0 aliphatic carbocycles. The second-order valence-corrected chi connectivity index (χ2v) is 5.59. The highest BCUT2D eigenvalue weighted by Gasteiger charge is 2.44. The van der Waals surface area contributed by atoms with Crippen LogP contribution in [0.3, 0.4) is 0 Å². The number of rotatable bonds is 5. The molecule has 0 spiro atoms. The maximum Gasteiger partial charge on any atom is 0.407 e. The second-order valence-electron chi connectivity index (χ2n) is 4.31. The average Bonchev–Trinajstić information content (AvgIpc) is 2.84. The maximum atomic E-state index is 11.1. The zero-order chi connectivity index (χ0) is 12.3. The van der Waals surface area contributed by atoms with Crippen molar-refractivity contribution < 1.29 is 19.1 Å². The van der Waals surface area contributed by atoms with E-state index in [0.717, 1.165) is 25.0 Å². The molecular formula is C11H17NO4S. The first kappa shape index (κ1) is 12.5. The van der Waals surface area contributed by atoms with Gasteiger partial charge in [0.15, 0.2) is 0 Å². The summed E-state index contributed by atoms with van der Waals surface area (Å²) in [7, 11) is 1.41. The van der Waals surface area contributed by atoms with Gasteiger partial charge < -0.3 is 14.8 Å². The Morgan fingerprint density at radius 2 is 2.41 bits per heavy atom. The smallest absolute Gasteiger partial charge is 0.407 e. The van der Waals surface area contributed by atoms with E-state index in [9.17, 15) is 9.59 Å². The van der Waals surface area contributed by atoms with E-state index in [2.05, 4.69) is 10.1 Å². The van der Waals surface area contributed by atoms with Gasteiger partial charge in [0.05, 0.1) is 13.2 Å². The molecule has 0 radical (unpaired) electrons. The SMILES string of the molecule is COC(=O)CCCC[C@@H]1SC[C@@H]2NC(=O)O[C@@H]21. The van der Waals surface area contributed by atoms with Crippen LogP contribution in [0, 0.1) is 0 Å². The second kappa shape index (κ2) is 5.62. The summed E-state index contributed by atoms with van der Waals surface area (Å²) in [4.78, 5) is 22.0. The first-order chi connectivity index (χ1) is 8.20. The number of ether oxygens (including phenoxy) is 2. The van der Waals surface area contributed by atoms with Crippen LogP contribution in [0.1, 0.15) is 25.7 Å². The van der Waals surface area contributed by atoms with Crippen molar-refractivity contribution in [2.45, 2.75) is 43.1 Å². The molecule has 96 valence electrons. The van der Waals surface area contributed by atoms with E-state index in [1.54, 1.807) is 0 Å². The monoisotopic (exact) mass is 259 g/mol. The number of thioether (sulfide) groups is 1. The third-order valence-electron chi connectivity index (χ3n) is 3.15. The number of alkyl carbamates (subject to hydrolysis) is 1. The van der Waals surface area contributed by atoms with Gasteiger partial charge >= 0.3 is 12.1 Å². The van der Waals surface area contributed by atoms with E-state index in [1.165, 1.54) is 7.11 Å². The third kappa shape index (κ3) is 3.06. The van der Waals surface area contributed by atoms with Crippen LogP contribution in [0.15, 0.2) is 0 Å². The predicted molar refractivity (Wildman–Crippen MR) is 63.9 cm³/mol. The van der Waals surface area contributed by atoms with Gasteiger partial charge in [-0.15, -0.1) is 0 Å². The molecule has 2 fully saturated rings. The molecular weight excluding hydrogens is 242 g/mol. The van der Waals surface area contributed by atoms with Gasteiger partial charge in [-0.25, -0.2) is 4.79 Å². The van der Waals surface area contributed by atoms with Crippen molar-refractivity contribution in [1.29, 1.82) is 0 Å². The molecule has 2 aliphatic rings. The summed E-state index contributed by atoms with van der Waals surface area (Å²) in [6.45, 7) is 0. The summed E-state index contributed by atoms with van der Waals surface area (Å²) in [6.07, 6.45) is 2.99. The molecule has 2 aliphatic heterocycles. The van der Waals surface area contributed by atoms with Gasteiger partial charge in [-0.3, -0.25) is 4.79 Å². The average molecular weight is 259 g/mol. The summed E-state index contributed by atoms with van der Waals surface area (Å²) in [6, 6.07) is 0.179. The van der Waals surface area contributed by atoms with Crippen LogP contribution >= 0.6 is 11.8 Å². The molecule has 0 aromatic heterocycles. The van der Waals surface area contributed by atoms with Gasteiger partial charge in [0.25, 0.3) is 0 Å². The van der Waals surface area contributed by atoms with E-state index in [0.29, 0.717) is 11.7 Å². The van der Waals surface area contributed by atoms with E-state index in [4.69, 9.17) is 4.74 Å². The molecule has 5 nitrogen and oxygen atoms in total. The van der Waals surface area contributed by atoms with E-state index < -0.39 is 0 Å². The molecule has 0 saturated carbocycles. The number of amides is 1. The minimum absolute atomic E-state index is 0.0191. The Labute approximate surface area is 105 Å². The van der Waals surface area contributed by atoms with Crippen molar-refractivity contribution in [1.82, 2.24) is 5.32 Å². The standard InChI is InChI=1S/C11H17NO4S/c1-15-9(13)5-3-2-4-8-10-7(6-17-8)12-11(14)16-10/h7-8,10H,2-6H2,1H3,(H,12,14)/t7-,8-,10-/m0/s1. The lowest BCUT2D eigenvalue weighted by Gasteiger charge is -2.15. The fraction of sp³-hybridized carbons (Fsp3) is 0.818. The Hall–Kier alpha value is -0.910. The highest BCUT2D eigenvalue weighted by Crippen LogP contribution is 2.35. The number of esters is 1. The van der Waals surface area contributed by atoms with Crippen LogP contribution < -0.4 is 5.32 Å². The fourth-order valence-corrected chi connectivity index (χ4v) is 3.73. The van der Waals surface area contributed by atoms with Crippen LogP contribution in [-0.2, 0) is 14.3 Å². The highest BCUT2D eigenvalue weighted by atomic mass is 32.2. The first-order valence-corrected chi connectivity index (χ1v) is 6.91. The third-order valence-corrected chi connectivity index (χ3v) is 4.63. The molecule has 0 aromatic carbocycles. The molecule has 2 saturated heterocycles. The summed E-state index contributed by atoms with van der Waals surface area (Å²) in [5, 5.41) is 3.18. The van der Waals surface area contributed by atoms with Gasteiger partial charge in [-0.2, -0.15) is 11.8 Å². The number of unbranched alkanes of at least 4 members (excludes halogenated alkanes) is 1. The van der Waals surface area contributed by atoms with Crippen molar-refractivity contribution in [3.63, 3.8) is 0 Å². The largest absolute Gasteiger partial charge is 0.469 e. The molecule has 1 amide bonds. The summed E-state index contributed by atoms with van der Waals surface area (Å²) in [5.41, 5.74) is 0. The van der Waals surface area contributed by atoms with Gasteiger partial charge in [0.1, 0.15) is 6.10 Å². The van der Waals surface area contributed by atoms with Crippen LogP contribution in [-0.4, -0.2) is 42.3 Å². The molecule has 3 atom stereocenters. The number of fused-ring (bicyclic) bond motifs is 1. The Balaban J connectivity index is 1.66. The van der Waals surface area contributed by atoms with E-state index in [1.807, 2.05) is 11.8 Å².